The summed E-state index contributed by atoms with van der Waals surface area (Å²) in [6.07, 6.45) is 1.82. The number of hydrogen-bond donors (Lipinski definition) is 3. The first-order chi connectivity index (χ1) is 18.2. The van der Waals surface area contributed by atoms with Gasteiger partial charge in [0, 0.05) is 12.2 Å². The maximum Gasteiger partial charge on any atom is 0.250 e. The Morgan fingerprint density at radius 2 is 1.76 bits per heavy atom. The standard InChI is InChI=1S/C30H37N3O5/c1-5-16-31-26(35)22-23-28(37)33(21(17-34)20-12-7-6-8-13-20)25(30(23)15-14-29(22,4)38-30)27(36)32-24-18(2)10-9-11-19(24)3/h6-13,21-23,25,34H,5,14-17H2,1-4H3,(H,31,35)(H,32,36)/t21-,22+,23+,25?,29-,30?/m1/s1. The largest absolute Gasteiger partial charge is 0.394 e. The van der Waals surface area contributed by atoms with Crippen molar-refractivity contribution in [3.05, 3.63) is 65.2 Å². The Labute approximate surface area is 223 Å². The summed E-state index contributed by atoms with van der Waals surface area (Å²) in [6, 6.07) is 13.2. The summed E-state index contributed by atoms with van der Waals surface area (Å²) >= 11 is 0. The number of rotatable bonds is 8. The SMILES string of the molecule is CCCNC(=O)[C@@H]1[C@H]2C(=O)N([C@H](CO)c3ccccc3)C(C(=O)Nc3c(C)cccc3C)C23CC[C@@]1(C)O3. The van der Waals surface area contributed by atoms with Crippen molar-refractivity contribution in [1.82, 2.24) is 10.2 Å². The predicted molar refractivity (Wildman–Crippen MR) is 143 cm³/mol. The Hall–Kier alpha value is -3.23. The molecule has 3 saturated heterocycles. The van der Waals surface area contributed by atoms with E-state index in [1.807, 2.05) is 76.2 Å². The zero-order valence-corrected chi connectivity index (χ0v) is 22.5. The third-order valence-electron chi connectivity index (χ3n) is 8.72. The van der Waals surface area contributed by atoms with Crippen LogP contribution in [0.3, 0.4) is 0 Å². The van der Waals surface area contributed by atoms with Crippen LogP contribution in [0.5, 0.6) is 0 Å². The summed E-state index contributed by atoms with van der Waals surface area (Å²) in [6.45, 7) is 7.85. The van der Waals surface area contributed by atoms with Crippen LogP contribution < -0.4 is 10.6 Å². The average Bonchev–Trinajstić information content (AvgIpc) is 3.47. The number of nitrogens with one attached hydrogen (secondary N) is 2. The van der Waals surface area contributed by atoms with E-state index in [-0.39, 0.29) is 24.3 Å². The van der Waals surface area contributed by atoms with Gasteiger partial charge in [-0.3, -0.25) is 14.4 Å². The summed E-state index contributed by atoms with van der Waals surface area (Å²) < 4.78 is 6.68. The molecule has 2 bridgehead atoms. The molecular weight excluding hydrogens is 482 g/mol. The van der Waals surface area contributed by atoms with Crippen molar-refractivity contribution in [2.45, 2.75) is 70.2 Å². The zero-order chi connectivity index (χ0) is 27.2. The highest BCUT2D eigenvalue weighted by atomic mass is 16.5. The van der Waals surface area contributed by atoms with Crippen molar-refractivity contribution in [2.75, 3.05) is 18.5 Å². The van der Waals surface area contributed by atoms with Crippen LogP contribution in [0, 0.1) is 25.7 Å². The van der Waals surface area contributed by atoms with Gasteiger partial charge in [0.15, 0.2) is 0 Å². The minimum absolute atomic E-state index is 0.217. The number of amides is 3. The molecule has 3 aliphatic rings. The summed E-state index contributed by atoms with van der Waals surface area (Å²) in [4.78, 5) is 43.5. The van der Waals surface area contributed by atoms with E-state index < -0.39 is 35.1 Å². The van der Waals surface area contributed by atoms with Crippen LogP contribution >= 0.6 is 0 Å². The highest BCUT2D eigenvalue weighted by Crippen LogP contribution is 2.64. The van der Waals surface area contributed by atoms with E-state index in [1.165, 1.54) is 4.90 Å². The third kappa shape index (κ3) is 3.93. The summed E-state index contributed by atoms with van der Waals surface area (Å²) in [5.41, 5.74) is 1.22. The van der Waals surface area contributed by atoms with E-state index in [1.54, 1.807) is 0 Å². The number of aliphatic hydroxyl groups is 1. The van der Waals surface area contributed by atoms with E-state index >= 15 is 0 Å². The Kier molecular flexibility index (Phi) is 6.82. The van der Waals surface area contributed by atoms with Gasteiger partial charge in [-0.2, -0.15) is 0 Å². The molecule has 3 fully saturated rings. The van der Waals surface area contributed by atoms with E-state index in [0.717, 1.165) is 23.1 Å². The van der Waals surface area contributed by atoms with Crippen molar-refractivity contribution >= 4 is 23.4 Å². The second-order valence-electron chi connectivity index (χ2n) is 11.1. The van der Waals surface area contributed by atoms with Gasteiger partial charge in [0.1, 0.15) is 11.6 Å². The molecule has 3 aliphatic heterocycles. The molecule has 8 heteroatoms. The molecule has 0 saturated carbocycles. The Balaban J connectivity index is 1.61. The number of fused-ring (bicyclic) bond motifs is 1. The third-order valence-corrected chi connectivity index (χ3v) is 8.72. The van der Waals surface area contributed by atoms with E-state index in [9.17, 15) is 19.5 Å². The number of hydrogen-bond acceptors (Lipinski definition) is 5. The molecule has 1 spiro atoms. The lowest BCUT2D eigenvalue weighted by atomic mass is 9.66. The molecule has 3 heterocycles. The summed E-state index contributed by atoms with van der Waals surface area (Å²) in [7, 11) is 0. The van der Waals surface area contributed by atoms with Gasteiger partial charge in [-0.1, -0.05) is 55.5 Å². The summed E-state index contributed by atoms with van der Waals surface area (Å²) in [5, 5.41) is 16.6. The molecule has 3 amide bonds. The van der Waals surface area contributed by atoms with Crippen molar-refractivity contribution < 1.29 is 24.2 Å². The molecule has 5 rings (SSSR count). The fraction of sp³-hybridized carbons (Fsp3) is 0.500. The number of anilines is 1. The normalized spacial score (nSPS) is 30.3. The molecule has 6 atom stereocenters. The maximum absolute atomic E-state index is 14.4. The van der Waals surface area contributed by atoms with Gasteiger partial charge in [-0.25, -0.2) is 0 Å². The molecule has 3 N–H and O–H groups in total. The number of benzene rings is 2. The molecule has 2 unspecified atom stereocenters. The van der Waals surface area contributed by atoms with Gasteiger partial charge in [0.2, 0.25) is 17.7 Å². The van der Waals surface area contributed by atoms with E-state index in [0.29, 0.717) is 25.1 Å². The van der Waals surface area contributed by atoms with E-state index in [2.05, 4.69) is 10.6 Å². The first-order valence-corrected chi connectivity index (χ1v) is 13.5. The van der Waals surface area contributed by atoms with Gasteiger partial charge in [-0.15, -0.1) is 0 Å². The monoisotopic (exact) mass is 519 g/mol. The highest BCUT2D eigenvalue weighted by molar-refractivity contribution is 6.04. The minimum atomic E-state index is -1.16. The topological polar surface area (TPSA) is 108 Å². The predicted octanol–water partition coefficient (Wildman–Crippen LogP) is 3.27. The van der Waals surface area contributed by atoms with Gasteiger partial charge in [0.05, 0.1) is 30.1 Å². The second kappa shape index (κ2) is 9.82. The van der Waals surface area contributed by atoms with Gasteiger partial charge in [0.25, 0.3) is 0 Å². The Morgan fingerprint density at radius 1 is 1.08 bits per heavy atom. The number of aliphatic hydroxyl groups excluding tert-OH is 1. The van der Waals surface area contributed by atoms with Crippen molar-refractivity contribution in [3.63, 3.8) is 0 Å². The number of para-hydroxylation sites is 1. The molecule has 2 aromatic carbocycles. The molecule has 0 aliphatic carbocycles. The number of carbonyl (C=O) groups is 3. The van der Waals surface area contributed by atoms with Crippen LogP contribution in [0.25, 0.3) is 0 Å². The maximum atomic E-state index is 14.4. The van der Waals surface area contributed by atoms with Crippen LogP contribution in [0.1, 0.15) is 55.8 Å². The number of ether oxygens (including phenoxy) is 1. The highest BCUT2D eigenvalue weighted by Gasteiger charge is 2.78. The number of nitrogens with zero attached hydrogens (tertiary/aromatic N) is 1. The first-order valence-electron chi connectivity index (χ1n) is 13.5. The van der Waals surface area contributed by atoms with Crippen LogP contribution in [-0.4, -0.2) is 58.1 Å². The second-order valence-corrected chi connectivity index (χ2v) is 11.1. The molecule has 8 nitrogen and oxygen atoms in total. The first kappa shape index (κ1) is 26.4. The number of likely N-dealkylation sites (tertiary alicyclic amines) is 1. The zero-order valence-electron chi connectivity index (χ0n) is 22.5. The van der Waals surface area contributed by atoms with Crippen LogP contribution in [0.4, 0.5) is 5.69 Å². The fourth-order valence-electron chi connectivity index (χ4n) is 6.99. The lowest BCUT2D eigenvalue weighted by Gasteiger charge is -2.37. The number of aryl methyl sites for hydroxylation is 2. The molecule has 202 valence electrons. The van der Waals surface area contributed by atoms with Gasteiger partial charge in [-0.05, 0) is 56.7 Å². The quantitative estimate of drug-likeness (QED) is 0.496. The van der Waals surface area contributed by atoms with E-state index in [4.69, 9.17) is 4.74 Å². The van der Waals surface area contributed by atoms with Crippen molar-refractivity contribution in [2.24, 2.45) is 11.8 Å². The van der Waals surface area contributed by atoms with Crippen molar-refractivity contribution in [1.29, 1.82) is 0 Å². The summed E-state index contributed by atoms with van der Waals surface area (Å²) in [5.74, 6) is -2.44. The van der Waals surface area contributed by atoms with Gasteiger partial charge < -0.3 is 25.4 Å². The fourth-order valence-corrected chi connectivity index (χ4v) is 6.99. The van der Waals surface area contributed by atoms with Crippen LogP contribution in [-0.2, 0) is 19.1 Å². The lowest BCUT2D eigenvalue weighted by molar-refractivity contribution is -0.148. The minimum Gasteiger partial charge on any atom is -0.394 e. The van der Waals surface area contributed by atoms with Gasteiger partial charge >= 0.3 is 0 Å². The van der Waals surface area contributed by atoms with Crippen LogP contribution in [0.2, 0.25) is 0 Å². The molecule has 0 radical (unpaired) electrons. The average molecular weight is 520 g/mol. The molecular formula is C30H37N3O5. The van der Waals surface area contributed by atoms with Crippen LogP contribution in [0.15, 0.2) is 48.5 Å². The smallest absolute Gasteiger partial charge is 0.250 e. The Bertz CT molecular complexity index is 1230. The van der Waals surface area contributed by atoms with Crippen molar-refractivity contribution in [3.8, 4) is 0 Å². The molecule has 0 aromatic heterocycles. The lowest BCUT2D eigenvalue weighted by Crippen LogP contribution is -2.54. The molecule has 2 aromatic rings. The Morgan fingerprint density at radius 3 is 2.39 bits per heavy atom. The number of carbonyl (C=O) groups excluding carboxylic acids is 3. The molecule has 38 heavy (non-hydrogen) atoms.